The zero-order valence-corrected chi connectivity index (χ0v) is 14.0. The molecule has 2 amide bonds. The minimum atomic E-state index is -3.54. The number of hydrogen-bond acceptors (Lipinski definition) is 5. The molecule has 0 heterocycles. The van der Waals surface area contributed by atoms with Gasteiger partial charge in [-0.25, -0.2) is 13.2 Å². The maximum Gasteiger partial charge on any atom is 0.326 e. The third-order valence-electron chi connectivity index (χ3n) is 3.07. The van der Waals surface area contributed by atoms with Crippen molar-refractivity contribution in [1.82, 2.24) is 14.5 Å². The molecule has 1 atom stereocenters. The number of aliphatic carboxylic acids is 1. The highest BCUT2D eigenvalue weighted by Gasteiger charge is 2.28. The van der Waals surface area contributed by atoms with E-state index in [0.717, 1.165) is 9.21 Å². The summed E-state index contributed by atoms with van der Waals surface area (Å²) in [6.45, 7) is 3.68. The van der Waals surface area contributed by atoms with Crippen molar-refractivity contribution in [3.63, 3.8) is 0 Å². The average molecular weight is 337 g/mol. The molecular weight excluding hydrogens is 314 g/mol. The summed E-state index contributed by atoms with van der Waals surface area (Å²) in [6.07, 6.45) is 0. The molecule has 0 saturated carbocycles. The molecule has 0 rings (SSSR count). The lowest BCUT2D eigenvalue weighted by Gasteiger charge is -2.28. The van der Waals surface area contributed by atoms with Gasteiger partial charge in [-0.1, -0.05) is 0 Å². The molecule has 2 N–H and O–H groups in total. The van der Waals surface area contributed by atoms with Crippen molar-refractivity contribution >= 4 is 27.8 Å². The predicted molar refractivity (Wildman–Crippen MR) is 79.6 cm³/mol. The van der Waals surface area contributed by atoms with Crippen LogP contribution < -0.4 is 5.32 Å². The summed E-state index contributed by atoms with van der Waals surface area (Å²) in [5.41, 5.74) is 0. The minimum Gasteiger partial charge on any atom is -0.480 e. The highest BCUT2D eigenvalue weighted by atomic mass is 32.2. The largest absolute Gasteiger partial charge is 0.480 e. The Morgan fingerprint density at radius 2 is 1.82 bits per heavy atom. The maximum atomic E-state index is 12.2. The van der Waals surface area contributed by atoms with Gasteiger partial charge in [0, 0.05) is 27.1 Å². The van der Waals surface area contributed by atoms with Crippen LogP contribution in [0.4, 0.5) is 0 Å². The highest BCUT2D eigenvalue weighted by Crippen LogP contribution is 2.04. The van der Waals surface area contributed by atoms with E-state index in [9.17, 15) is 22.8 Å². The second-order valence-electron chi connectivity index (χ2n) is 4.74. The van der Waals surface area contributed by atoms with Crippen molar-refractivity contribution in [2.45, 2.75) is 26.8 Å². The van der Waals surface area contributed by atoms with Crippen molar-refractivity contribution in [1.29, 1.82) is 0 Å². The normalized spacial score (nSPS) is 12.8. The number of carboxylic acid groups (broad SMARTS) is 1. The van der Waals surface area contributed by atoms with E-state index in [1.807, 2.05) is 0 Å². The molecule has 0 aliphatic carbocycles. The van der Waals surface area contributed by atoms with Crippen LogP contribution in [-0.4, -0.2) is 79.0 Å². The van der Waals surface area contributed by atoms with Gasteiger partial charge >= 0.3 is 5.97 Å². The Labute approximate surface area is 130 Å². The zero-order chi connectivity index (χ0) is 17.5. The van der Waals surface area contributed by atoms with Crippen LogP contribution in [0.1, 0.15) is 20.8 Å². The van der Waals surface area contributed by atoms with Crippen molar-refractivity contribution in [2.24, 2.45) is 0 Å². The van der Waals surface area contributed by atoms with Gasteiger partial charge in [0.25, 0.3) is 0 Å². The third kappa shape index (κ3) is 6.39. The number of rotatable bonds is 9. The summed E-state index contributed by atoms with van der Waals surface area (Å²) < 4.78 is 24.2. The molecule has 0 aromatic heterocycles. The topological polar surface area (TPSA) is 124 Å². The van der Waals surface area contributed by atoms with Gasteiger partial charge in [0.1, 0.15) is 6.04 Å². The summed E-state index contributed by atoms with van der Waals surface area (Å²) in [7, 11) is -2.28. The number of sulfonamides is 1. The highest BCUT2D eigenvalue weighted by molar-refractivity contribution is 7.89. The Balaban J connectivity index is 4.96. The summed E-state index contributed by atoms with van der Waals surface area (Å²) >= 11 is 0. The van der Waals surface area contributed by atoms with Crippen LogP contribution in [0.2, 0.25) is 0 Å². The molecule has 0 spiro atoms. The third-order valence-corrected chi connectivity index (χ3v) is 4.88. The number of amides is 2. The van der Waals surface area contributed by atoms with E-state index in [1.54, 1.807) is 0 Å². The second kappa shape index (κ2) is 8.69. The van der Waals surface area contributed by atoms with Gasteiger partial charge in [0.05, 0.1) is 12.3 Å². The smallest absolute Gasteiger partial charge is 0.326 e. The lowest BCUT2D eigenvalue weighted by molar-refractivity contribution is -0.149. The molecule has 0 bridgehead atoms. The van der Waals surface area contributed by atoms with Gasteiger partial charge in [-0.2, -0.15) is 4.31 Å². The Morgan fingerprint density at radius 3 is 2.23 bits per heavy atom. The maximum absolute atomic E-state index is 12.2. The zero-order valence-electron chi connectivity index (χ0n) is 13.2. The number of carboxylic acids is 1. The van der Waals surface area contributed by atoms with Crippen molar-refractivity contribution in [3.05, 3.63) is 0 Å². The first-order chi connectivity index (χ1) is 10.0. The molecule has 0 saturated heterocycles. The molecule has 128 valence electrons. The van der Waals surface area contributed by atoms with Gasteiger partial charge in [-0.15, -0.1) is 0 Å². The number of carbonyl (C=O) groups is 3. The first-order valence-electron chi connectivity index (χ1n) is 6.73. The van der Waals surface area contributed by atoms with E-state index in [2.05, 4.69) is 5.32 Å². The number of likely N-dealkylation sites (N-methyl/N-ethyl adjacent to an activating group) is 1. The predicted octanol–water partition coefficient (Wildman–Crippen LogP) is -1.29. The summed E-state index contributed by atoms with van der Waals surface area (Å²) in [5.74, 6) is -2.31. The Bertz CT molecular complexity index is 519. The summed E-state index contributed by atoms with van der Waals surface area (Å²) in [4.78, 5) is 35.1. The molecule has 10 heteroatoms. The van der Waals surface area contributed by atoms with Crippen LogP contribution in [0.15, 0.2) is 0 Å². The fraction of sp³-hybridized carbons (Fsp3) is 0.750. The molecule has 0 radical (unpaired) electrons. The number of nitrogens with zero attached hydrogens (tertiary/aromatic N) is 2. The molecular formula is C12H23N3O6S. The average Bonchev–Trinajstić information content (AvgIpc) is 2.42. The van der Waals surface area contributed by atoms with Gasteiger partial charge < -0.3 is 15.3 Å². The SMILES string of the molecule is CCS(=O)(=O)N(C)CC(=O)N(CCNC(C)=O)C(C)C(=O)O. The van der Waals surface area contributed by atoms with E-state index >= 15 is 0 Å². The fourth-order valence-corrected chi connectivity index (χ4v) is 2.37. The second-order valence-corrected chi connectivity index (χ2v) is 7.11. The van der Waals surface area contributed by atoms with Crippen molar-refractivity contribution in [3.8, 4) is 0 Å². The first-order valence-corrected chi connectivity index (χ1v) is 8.34. The lowest BCUT2D eigenvalue weighted by atomic mass is 10.2. The van der Waals surface area contributed by atoms with E-state index < -0.39 is 34.5 Å². The molecule has 0 fully saturated rings. The molecule has 1 unspecified atom stereocenters. The molecule has 0 aliphatic heterocycles. The van der Waals surface area contributed by atoms with Crippen LogP contribution in [0.25, 0.3) is 0 Å². The summed E-state index contributed by atoms with van der Waals surface area (Å²) in [5, 5.41) is 11.5. The fourth-order valence-electron chi connectivity index (χ4n) is 1.62. The van der Waals surface area contributed by atoms with Crippen molar-refractivity contribution in [2.75, 3.05) is 32.4 Å². The Hall–Kier alpha value is -1.68. The van der Waals surface area contributed by atoms with Gasteiger partial charge in [0.2, 0.25) is 21.8 Å². The number of carbonyl (C=O) groups excluding carboxylic acids is 2. The Morgan fingerprint density at radius 1 is 1.27 bits per heavy atom. The van der Waals surface area contributed by atoms with Crippen LogP contribution in [0.5, 0.6) is 0 Å². The van der Waals surface area contributed by atoms with Crippen LogP contribution in [0, 0.1) is 0 Å². The van der Waals surface area contributed by atoms with Crippen LogP contribution >= 0.6 is 0 Å². The minimum absolute atomic E-state index is 0.0219. The first kappa shape index (κ1) is 20.3. The summed E-state index contributed by atoms with van der Waals surface area (Å²) in [6, 6.07) is -1.13. The molecule has 22 heavy (non-hydrogen) atoms. The lowest BCUT2D eigenvalue weighted by Crippen LogP contribution is -2.50. The van der Waals surface area contributed by atoms with E-state index in [-0.39, 0.29) is 24.7 Å². The van der Waals surface area contributed by atoms with E-state index in [0.29, 0.717) is 0 Å². The van der Waals surface area contributed by atoms with Gasteiger partial charge in [-0.05, 0) is 13.8 Å². The number of nitrogens with one attached hydrogen (secondary N) is 1. The monoisotopic (exact) mass is 337 g/mol. The number of hydrogen-bond donors (Lipinski definition) is 2. The Kier molecular flexibility index (Phi) is 8.02. The molecule has 9 nitrogen and oxygen atoms in total. The van der Waals surface area contributed by atoms with E-state index in [1.165, 1.54) is 27.8 Å². The molecule has 0 aliphatic rings. The van der Waals surface area contributed by atoms with E-state index in [4.69, 9.17) is 5.11 Å². The van der Waals surface area contributed by atoms with Crippen molar-refractivity contribution < 1.29 is 27.9 Å². The van der Waals surface area contributed by atoms with Gasteiger partial charge in [-0.3, -0.25) is 9.59 Å². The van der Waals surface area contributed by atoms with Crippen LogP contribution in [-0.2, 0) is 24.4 Å². The molecule has 0 aromatic rings. The standard InChI is InChI=1S/C12H23N3O6S/c1-5-22(20,21)14(4)8-11(17)15(9(2)12(18)19)7-6-13-10(3)16/h9H,5-8H2,1-4H3,(H,13,16)(H,18,19). The van der Waals surface area contributed by atoms with Gasteiger partial charge in [0.15, 0.2) is 0 Å². The van der Waals surface area contributed by atoms with Crippen LogP contribution in [0.3, 0.4) is 0 Å². The molecule has 0 aromatic carbocycles. The quantitative estimate of drug-likeness (QED) is 0.539.